The topological polar surface area (TPSA) is 84.0 Å². The number of hydrogen-bond donors (Lipinski definition) is 2. The summed E-state index contributed by atoms with van der Waals surface area (Å²) in [5, 5.41) is 13.9. The summed E-state index contributed by atoms with van der Waals surface area (Å²) in [5.74, 6) is 0.328. The van der Waals surface area contributed by atoms with Crippen LogP contribution in [0.1, 0.15) is 37.6 Å². The van der Waals surface area contributed by atoms with E-state index < -0.39 is 6.03 Å². The third-order valence-corrected chi connectivity index (χ3v) is 5.49. The molecule has 1 aliphatic carbocycles. The maximum Gasteiger partial charge on any atom is 0.321 e. The smallest absolute Gasteiger partial charge is 0.321 e. The van der Waals surface area contributed by atoms with Crippen molar-refractivity contribution in [2.45, 2.75) is 49.9 Å². The summed E-state index contributed by atoms with van der Waals surface area (Å²) in [4.78, 5) is 23.5. The molecule has 0 spiro atoms. The van der Waals surface area contributed by atoms with Crippen LogP contribution in [0.3, 0.4) is 0 Å². The van der Waals surface area contributed by atoms with Crippen molar-refractivity contribution in [1.29, 1.82) is 0 Å². The van der Waals surface area contributed by atoms with Crippen molar-refractivity contribution >= 4 is 35.0 Å². The van der Waals surface area contributed by atoms with Gasteiger partial charge in [0.15, 0.2) is 4.34 Å². The summed E-state index contributed by atoms with van der Waals surface area (Å²) in [6, 6.07) is -0.224. The number of thioether (sulfide) groups is 1. The van der Waals surface area contributed by atoms with Crippen LogP contribution >= 0.6 is 23.1 Å². The van der Waals surface area contributed by atoms with Gasteiger partial charge < -0.3 is 5.32 Å². The van der Waals surface area contributed by atoms with Crippen molar-refractivity contribution in [2.24, 2.45) is 5.92 Å². The number of nitrogens with one attached hydrogen (secondary N) is 2. The Morgan fingerprint density at radius 1 is 1.33 bits per heavy atom. The second-order valence-electron chi connectivity index (χ2n) is 5.27. The number of hydrogen-bond acceptors (Lipinski definition) is 6. The SMILES string of the molecule is Cc1nnc(SCC(=O)NC(=O)N[C@H]2CCCC[C@H]2C)s1. The van der Waals surface area contributed by atoms with E-state index in [0.29, 0.717) is 5.92 Å². The van der Waals surface area contributed by atoms with Gasteiger partial charge >= 0.3 is 6.03 Å². The molecule has 0 aromatic carbocycles. The normalized spacial score (nSPS) is 21.8. The minimum absolute atomic E-state index is 0.169. The van der Waals surface area contributed by atoms with E-state index >= 15 is 0 Å². The highest BCUT2D eigenvalue weighted by Gasteiger charge is 2.23. The molecule has 21 heavy (non-hydrogen) atoms. The average Bonchev–Trinajstić information content (AvgIpc) is 2.85. The molecular weight excluding hydrogens is 308 g/mol. The summed E-state index contributed by atoms with van der Waals surface area (Å²) in [6.45, 7) is 4.00. The standard InChI is InChI=1S/C13H20N4O2S2/c1-8-5-3-4-6-10(8)14-12(19)15-11(18)7-20-13-17-16-9(2)21-13/h8,10H,3-7H2,1-2H3,(H2,14,15,18,19)/t8-,10+/m1/s1. The fraction of sp³-hybridized carbons (Fsp3) is 0.692. The third-order valence-electron chi connectivity index (χ3n) is 3.52. The van der Waals surface area contributed by atoms with Crippen molar-refractivity contribution in [2.75, 3.05) is 5.75 Å². The molecule has 3 amide bonds. The predicted octanol–water partition coefficient (Wildman–Crippen LogP) is 2.34. The van der Waals surface area contributed by atoms with Gasteiger partial charge in [-0.3, -0.25) is 10.1 Å². The molecule has 0 bridgehead atoms. The molecule has 2 atom stereocenters. The summed E-state index contributed by atoms with van der Waals surface area (Å²) >= 11 is 2.73. The molecule has 0 saturated heterocycles. The Hall–Kier alpha value is -1.15. The fourth-order valence-corrected chi connectivity index (χ4v) is 3.98. The molecule has 1 fully saturated rings. The van der Waals surface area contributed by atoms with Gasteiger partial charge in [-0.05, 0) is 25.7 Å². The molecular formula is C13H20N4O2S2. The van der Waals surface area contributed by atoms with Crippen molar-refractivity contribution in [3.63, 3.8) is 0 Å². The quantitative estimate of drug-likeness (QED) is 0.829. The van der Waals surface area contributed by atoms with Crippen LogP contribution in [0.4, 0.5) is 4.79 Å². The van der Waals surface area contributed by atoms with E-state index in [0.717, 1.165) is 28.6 Å². The van der Waals surface area contributed by atoms with E-state index in [-0.39, 0.29) is 17.7 Å². The van der Waals surface area contributed by atoms with E-state index in [1.54, 1.807) is 0 Å². The van der Waals surface area contributed by atoms with E-state index in [1.165, 1.54) is 29.5 Å². The maximum absolute atomic E-state index is 11.8. The minimum atomic E-state index is -0.396. The highest BCUT2D eigenvalue weighted by atomic mass is 32.2. The Morgan fingerprint density at radius 3 is 2.76 bits per heavy atom. The lowest BCUT2D eigenvalue weighted by Gasteiger charge is -2.29. The molecule has 0 radical (unpaired) electrons. The van der Waals surface area contributed by atoms with Crippen LogP contribution in [0.2, 0.25) is 0 Å². The highest BCUT2D eigenvalue weighted by Crippen LogP contribution is 2.23. The van der Waals surface area contributed by atoms with E-state index in [2.05, 4.69) is 27.8 Å². The van der Waals surface area contributed by atoms with Crippen LogP contribution in [-0.2, 0) is 4.79 Å². The monoisotopic (exact) mass is 328 g/mol. The lowest BCUT2D eigenvalue weighted by Crippen LogP contribution is -2.48. The number of imide groups is 1. The molecule has 6 nitrogen and oxygen atoms in total. The van der Waals surface area contributed by atoms with Crippen LogP contribution in [0, 0.1) is 12.8 Å². The Kier molecular flexibility index (Phi) is 5.98. The van der Waals surface area contributed by atoms with Gasteiger partial charge in [0, 0.05) is 6.04 Å². The Bertz CT molecular complexity index is 506. The van der Waals surface area contributed by atoms with Gasteiger partial charge in [0.25, 0.3) is 0 Å². The zero-order chi connectivity index (χ0) is 15.2. The van der Waals surface area contributed by atoms with Crippen LogP contribution in [0.5, 0.6) is 0 Å². The second kappa shape index (κ2) is 7.74. The molecule has 1 aromatic heterocycles. The van der Waals surface area contributed by atoms with Gasteiger partial charge in [-0.1, -0.05) is 42.9 Å². The predicted molar refractivity (Wildman–Crippen MR) is 83.5 cm³/mol. The van der Waals surface area contributed by atoms with Crippen molar-refractivity contribution in [1.82, 2.24) is 20.8 Å². The Balaban J connectivity index is 1.70. The number of rotatable bonds is 4. The van der Waals surface area contributed by atoms with Crippen molar-refractivity contribution < 1.29 is 9.59 Å². The first-order valence-electron chi connectivity index (χ1n) is 7.08. The number of carbonyl (C=O) groups is 2. The molecule has 2 rings (SSSR count). The Labute approximate surface area is 132 Å². The van der Waals surface area contributed by atoms with E-state index in [9.17, 15) is 9.59 Å². The van der Waals surface area contributed by atoms with Gasteiger partial charge in [0.2, 0.25) is 5.91 Å². The van der Waals surface area contributed by atoms with Crippen molar-refractivity contribution in [3.05, 3.63) is 5.01 Å². The van der Waals surface area contributed by atoms with Gasteiger partial charge in [0.05, 0.1) is 5.75 Å². The van der Waals surface area contributed by atoms with Crippen LogP contribution in [-0.4, -0.2) is 33.9 Å². The summed E-state index contributed by atoms with van der Waals surface area (Å²) in [7, 11) is 0. The summed E-state index contributed by atoms with van der Waals surface area (Å²) < 4.78 is 0.740. The fourth-order valence-electron chi connectivity index (χ4n) is 2.36. The molecule has 1 saturated carbocycles. The molecule has 1 heterocycles. The zero-order valence-electron chi connectivity index (χ0n) is 12.2. The van der Waals surface area contributed by atoms with Gasteiger partial charge in [-0.2, -0.15) is 0 Å². The lowest BCUT2D eigenvalue weighted by molar-refractivity contribution is -0.117. The number of carbonyl (C=O) groups excluding carboxylic acids is 2. The second-order valence-corrected chi connectivity index (χ2v) is 7.67. The van der Waals surface area contributed by atoms with Crippen LogP contribution in [0.15, 0.2) is 4.34 Å². The number of aryl methyl sites for hydroxylation is 1. The average molecular weight is 328 g/mol. The highest BCUT2D eigenvalue weighted by molar-refractivity contribution is 8.01. The van der Waals surface area contributed by atoms with E-state index in [4.69, 9.17) is 0 Å². The van der Waals surface area contributed by atoms with Gasteiger partial charge in [0.1, 0.15) is 5.01 Å². The number of nitrogens with zero attached hydrogens (tertiary/aromatic N) is 2. The molecule has 0 aliphatic heterocycles. The number of amides is 3. The number of urea groups is 1. The molecule has 2 N–H and O–H groups in total. The number of aromatic nitrogens is 2. The molecule has 8 heteroatoms. The first-order chi connectivity index (χ1) is 10.0. The largest absolute Gasteiger partial charge is 0.335 e. The molecule has 1 aliphatic rings. The maximum atomic E-state index is 11.8. The molecule has 116 valence electrons. The van der Waals surface area contributed by atoms with Gasteiger partial charge in [-0.15, -0.1) is 10.2 Å². The Morgan fingerprint density at radius 2 is 2.10 bits per heavy atom. The van der Waals surface area contributed by atoms with Gasteiger partial charge in [-0.25, -0.2) is 4.79 Å². The lowest BCUT2D eigenvalue weighted by atomic mass is 9.86. The van der Waals surface area contributed by atoms with Crippen molar-refractivity contribution in [3.8, 4) is 0 Å². The first-order valence-corrected chi connectivity index (χ1v) is 8.88. The summed E-state index contributed by atoms with van der Waals surface area (Å²) in [5.41, 5.74) is 0. The zero-order valence-corrected chi connectivity index (χ0v) is 13.9. The summed E-state index contributed by atoms with van der Waals surface area (Å²) in [6.07, 6.45) is 4.47. The van der Waals surface area contributed by atoms with Crippen LogP contribution in [0.25, 0.3) is 0 Å². The first kappa shape index (κ1) is 16.2. The molecule has 0 unspecified atom stereocenters. The third kappa shape index (κ3) is 5.28. The molecule has 1 aromatic rings. The minimum Gasteiger partial charge on any atom is -0.335 e. The van der Waals surface area contributed by atoms with Crippen LogP contribution < -0.4 is 10.6 Å². The van der Waals surface area contributed by atoms with E-state index in [1.807, 2.05) is 6.92 Å².